The SMILES string of the molecule is CCC(C)NC(=O)c1cnoc1-c1ccc(OC)cc1. The Hall–Kier alpha value is -2.30. The first-order valence-corrected chi connectivity index (χ1v) is 6.55. The second-order valence-electron chi connectivity index (χ2n) is 4.58. The number of nitrogens with zero attached hydrogens (tertiary/aromatic N) is 1. The molecule has 0 spiro atoms. The molecule has 1 aromatic heterocycles. The number of carbonyl (C=O) groups excluding carboxylic acids is 1. The van der Waals surface area contributed by atoms with Crippen molar-refractivity contribution in [3.63, 3.8) is 0 Å². The lowest BCUT2D eigenvalue weighted by Crippen LogP contribution is -2.31. The van der Waals surface area contributed by atoms with Crippen LogP contribution < -0.4 is 10.1 Å². The molecule has 0 radical (unpaired) electrons. The zero-order chi connectivity index (χ0) is 14.5. The first-order chi connectivity index (χ1) is 9.65. The zero-order valence-corrected chi connectivity index (χ0v) is 11.8. The fourth-order valence-electron chi connectivity index (χ4n) is 1.76. The third kappa shape index (κ3) is 2.99. The smallest absolute Gasteiger partial charge is 0.257 e. The van der Waals surface area contributed by atoms with Crippen molar-refractivity contribution in [3.05, 3.63) is 36.0 Å². The lowest BCUT2D eigenvalue weighted by Gasteiger charge is -2.10. The number of ether oxygens (including phenoxy) is 1. The fraction of sp³-hybridized carbons (Fsp3) is 0.333. The van der Waals surface area contributed by atoms with Gasteiger partial charge in [-0.25, -0.2) is 0 Å². The predicted molar refractivity (Wildman–Crippen MR) is 75.7 cm³/mol. The molecule has 1 atom stereocenters. The molecule has 0 saturated carbocycles. The summed E-state index contributed by atoms with van der Waals surface area (Å²) in [6.07, 6.45) is 2.31. The van der Waals surface area contributed by atoms with Crippen molar-refractivity contribution in [3.8, 4) is 17.1 Å². The van der Waals surface area contributed by atoms with E-state index in [1.54, 1.807) is 7.11 Å². The van der Waals surface area contributed by atoms with Gasteiger partial charge in [0.1, 0.15) is 11.3 Å². The third-order valence-corrected chi connectivity index (χ3v) is 3.16. The van der Waals surface area contributed by atoms with Gasteiger partial charge in [0.25, 0.3) is 5.91 Å². The lowest BCUT2D eigenvalue weighted by atomic mass is 10.1. The molecule has 106 valence electrons. The molecule has 1 amide bonds. The summed E-state index contributed by atoms with van der Waals surface area (Å²) in [6, 6.07) is 7.40. The average molecular weight is 274 g/mol. The minimum absolute atomic E-state index is 0.112. The van der Waals surface area contributed by atoms with Gasteiger partial charge in [-0.05, 0) is 37.6 Å². The third-order valence-electron chi connectivity index (χ3n) is 3.16. The van der Waals surface area contributed by atoms with Crippen LogP contribution in [0.15, 0.2) is 35.0 Å². The molecule has 0 saturated heterocycles. The second kappa shape index (κ2) is 6.23. The summed E-state index contributed by atoms with van der Waals surface area (Å²) in [5.41, 5.74) is 1.23. The van der Waals surface area contributed by atoms with Crippen LogP contribution in [0, 0.1) is 0 Å². The Balaban J connectivity index is 2.25. The van der Waals surface area contributed by atoms with Crippen molar-refractivity contribution < 1.29 is 14.1 Å². The topological polar surface area (TPSA) is 64.4 Å². The van der Waals surface area contributed by atoms with Crippen LogP contribution in [0.2, 0.25) is 0 Å². The van der Waals surface area contributed by atoms with E-state index >= 15 is 0 Å². The zero-order valence-electron chi connectivity index (χ0n) is 11.8. The number of hydrogen-bond acceptors (Lipinski definition) is 4. The molecule has 20 heavy (non-hydrogen) atoms. The molecular formula is C15H18N2O3. The van der Waals surface area contributed by atoms with E-state index in [1.165, 1.54) is 6.20 Å². The summed E-state index contributed by atoms with van der Waals surface area (Å²) < 4.78 is 10.3. The van der Waals surface area contributed by atoms with Gasteiger partial charge in [0.05, 0.1) is 13.3 Å². The van der Waals surface area contributed by atoms with E-state index in [0.29, 0.717) is 11.3 Å². The number of methoxy groups -OCH3 is 1. The molecule has 1 unspecified atom stereocenters. The summed E-state index contributed by atoms with van der Waals surface area (Å²) in [4.78, 5) is 12.2. The van der Waals surface area contributed by atoms with E-state index in [0.717, 1.165) is 17.7 Å². The van der Waals surface area contributed by atoms with Crippen LogP contribution >= 0.6 is 0 Å². The monoisotopic (exact) mass is 274 g/mol. The van der Waals surface area contributed by atoms with E-state index in [-0.39, 0.29) is 11.9 Å². The van der Waals surface area contributed by atoms with Crippen LogP contribution in [0.25, 0.3) is 11.3 Å². The van der Waals surface area contributed by atoms with Crippen LogP contribution in [0.3, 0.4) is 0 Å². The molecule has 0 aliphatic heterocycles. The van der Waals surface area contributed by atoms with E-state index in [9.17, 15) is 4.79 Å². The molecule has 0 fully saturated rings. The minimum atomic E-state index is -0.175. The van der Waals surface area contributed by atoms with Crippen molar-refractivity contribution in [1.82, 2.24) is 10.5 Å². The number of rotatable bonds is 5. The van der Waals surface area contributed by atoms with E-state index < -0.39 is 0 Å². The van der Waals surface area contributed by atoms with Gasteiger partial charge in [0.15, 0.2) is 5.76 Å². The Bertz CT molecular complexity index is 575. The molecule has 0 bridgehead atoms. The summed E-state index contributed by atoms with van der Waals surface area (Å²) in [5, 5.41) is 6.63. The van der Waals surface area contributed by atoms with Gasteiger partial charge in [-0.2, -0.15) is 0 Å². The normalized spacial score (nSPS) is 11.9. The summed E-state index contributed by atoms with van der Waals surface area (Å²) in [7, 11) is 1.61. The molecule has 5 nitrogen and oxygen atoms in total. The van der Waals surface area contributed by atoms with Crippen molar-refractivity contribution in [2.75, 3.05) is 7.11 Å². The van der Waals surface area contributed by atoms with Crippen LogP contribution in [-0.4, -0.2) is 24.2 Å². The highest BCUT2D eigenvalue weighted by molar-refractivity contribution is 5.99. The van der Waals surface area contributed by atoms with Crippen molar-refractivity contribution >= 4 is 5.91 Å². The van der Waals surface area contributed by atoms with Gasteiger partial charge in [-0.1, -0.05) is 12.1 Å². The maximum atomic E-state index is 12.2. The molecule has 2 rings (SSSR count). The van der Waals surface area contributed by atoms with E-state index in [1.807, 2.05) is 38.1 Å². The van der Waals surface area contributed by atoms with Gasteiger partial charge < -0.3 is 14.6 Å². The largest absolute Gasteiger partial charge is 0.497 e. The number of hydrogen-bond donors (Lipinski definition) is 1. The van der Waals surface area contributed by atoms with E-state index in [4.69, 9.17) is 9.26 Å². The highest BCUT2D eigenvalue weighted by Crippen LogP contribution is 2.25. The average Bonchev–Trinajstić information content (AvgIpc) is 2.96. The number of amides is 1. The number of carbonyl (C=O) groups is 1. The Morgan fingerprint density at radius 3 is 2.70 bits per heavy atom. The van der Waals surface area contributed by atoms with Crippen molar-refractivity contribution in [1.29, 1.82) is 0 Å². The van der Waals surface area contributed by atoms with Gasteiger partial charge in [-0.15, -0.1) is 0 Å². The maximum absolute atomic E-state index is 12.2. The quantitative estimate of drug-likeness (QED) is 0.910. The van der Waals surface area contributed by atoms with Crippen LogP contribution in [-0.2, 0) is 0 Å². The highest BCUT2D eigenvalue weighted by atomic mass is 16.5. The highest BCUT2D eigenvalue weighted by Gasteiger charge is 2.18. The maximum Gasteiger partial charge on any atom is 0.257 e. The standard InChI is InChI=1S/C15H18N2O3/c1-4-10(2)17-15(18)13-9-16-20-14(13)11-5-7-12(19-3)8-6-11/h5-10H,4H2,1-3H3,(H,17,18). The predicted octanol–water partition coefficient (Wildman–Crippen LogP) is 2.88. The number of benzene rings is 1. The minimum Gasteiger partial charge on any atom is -0.497 e. The van der Waals surface area contributed by atoms with Crippen LogP contribution in [0.5, 0.6) is 5.75 Å². The van der Waals surface area contributed by atoms with Crippen molar-refractivity contribution in [2.24, 2.45) is 0 Å². The molecule has 1 aromatic carbocycles. The Morgan fingerprint density at radius 2 is 2.10 bits per heavy atom. The first kappa shape index (κ1) is 14.1. The molecule has 0 aliphatic carbocycles. The summed E-state index contributed by atoms with van der Waals surface area (Å²) in [6.45, 7) is 3.97. The molecule has 0 aliphatic rings. The number of aromatic nitrogens is 1. The molecule has 1 N–H and O–H groups in total. The Morgan fingerprint density at radius 1 is 1.40 bits per heavy atom. The van der Waals surface area contributed by atoms with Crippen LogP contribution in [0.1, 0.15) is 30.6 Å². The van der Waals surface area contributed by atoms with Gasteiger partial charge in [0.2, 0.25) is 0 Å². The lowest BCUT2D eigenvalue weighted by molar-refractivity contribution is 0.0939. The van der Waals surface area contributed by atoms with E-state index in [2.05, 4.69) is 10.5 Å². The fourth-order valence-corrected chi connectivity index (χ4v) is 1.76. The Kier molecular flexibility index (Phi) is 4.40. The molecular weight excluding hydrogens is 256 g/mol. The van der Waals surface area contributed by atoms with Gasteiger partial charge in [-0.3, -0.25) is 4.79 Å². The van der Waals surface area contributed by atoms with Gasteiger partial charge in [0, 0.05) is 11.6 Å². The summed E-state index contributed by atoms with van der Waals surface area (Å²) >= 11 is 0. The molecule has 5 heteroatoms. The first-order valence-electron chi connectivity index (χ1n) is 6.55. The van der Waals surface area contributed by atoms with Crippen molar-refractivity contribution in [2.45, 2.75) is 26.3 Å². The summed E-state index contributed by atoms with van der Waals surface area (Å²) in [5.74, 6) is 1.04. The molecule has 1 heterocycles. The second-order valence-corrected chi connectivity index (χ2v) is 4.58. The Labute approximate surface area is 117 Å². The number of nitrogens with one attached hydrogen (secondary N) is 1. The van der Waals surface area contributed by atoms with Gasteiger partial charge >= 0.3 is 0 Å². The molecule has 2 aromatic rings. The van der Waals surface area contributed by atoms with Crippen LogP contribution in [0.4, 0.5) is 0 Å².